The fourth-order valence-electron chi connectivity index (χ4n) is 0.720. The summed E-state index contributed by atoms with van der Waals surface area (Å²) in [4.78, 5) is 4.08. The smallest absolute Gasteiger partial charge is 0.127 e. The molecule has 0 aliphatic rings. The van der Waals surface area contributed by atoms with Gasteiger partial charge in [-0.3, -0.25) is 0 Å². The maximum atomic E-state index is 5.58. The summed E-state index contributed by atoms with van der Waals surface area (Å²) in [6, 6.07) is 1.95. The second-order valence-corrected chi connectivity index (χ2v) is 3.11. The first kappa shape index (κ1) is 7.54. The fourth-order valence-corrected chi connectivity index (χ4v) is 1.25. The fraction of sp³-hybridized carbons (Fsp3) is 0.286. The van der Waals surface area contributed by atoms with Gasteiger partial charge in [-0.05, 0) is 19.9 Å². The number of hydrogen-bond donors (Lipinski definition) is 1. The summed E-state index contributed by atoms with van der Waals surface area (Å²) in [7, 11) is 0. The number of halogens is 1. The van der Waals surface area contributed by atoms with Crippen LogP contribution in [0.5, 0.6) is 0 Å². The third-order valence-corrected chi connectivity index (χ3v) is 2.20. The SMILES string of the molecule is Cc1cc(Br)c(C)c(N)n1. The molecule has 3 heteroatoms. The van der Waals surface area contributed by atoms with Crippen molar-refractivity contribution >= 4 is 21.7 Å². The highest BCUT2D eigenvalue weighted by molar-refractivity contribution is 9.10. The van der Waals surface area contributed by atoms with Crippen LogP contribution in [-0.4, -0.2) is 4.98 Å². The second kappa shape index (κ2) is 2.58. The molecule has 1 heterocycles. The first-order chi connectivity index (χ1) is 4.61. The van der Waals surface area contributed by atoms with Gasteiger partial charge in [0.1, 0.15) is 5.82 Å². The molecule has 0 saturated carbocycles. The van der Waals surface area contributed by atoms with Crippen LogP contribution in [0.15, 0.2) is 10.5 Å². The van der Waals surface area contributed by atoms with Crippen LogP contribution in [0.2, 0.25) is 0 Å². The molecule has 0 fully saturated rings. The Balaban J connectivity index is 3.31. The van der Waals surface area contributed by atoms with Crippen molar-refractivity contribution in [1.82, 2.24) is 4.98 Å². The quantitative estimate of drug-likeness (QED) is 0.697. The average Bonchev–Trinajstić information content (AvgIpc) is 1.82. The van der Waals surface area contributed by atoms with Gasteiger partial charge in [-0.15, -0.1) is 0 Å². The molecular weight excluding hydrogens is 192 g/mol. The van der Waals surface area contributed by atoms with E-state index in [0.29, 0.717) is 5.82 Å². The van der Waals surface area contributed by atoms with Gasteiger partial charge in [0, 0.05) is 15.7 Å². The van der Waals surface area contributed by atoms with Gasteiger partial charge in [0.15, 0.2) is 0 Å². The number of pyridine rings is 1. The first-order valence-corrected chi connectivity index (χ1v) is 3.80. The van der Waals surface area contributed by atoms with E-state index in [9.17, 15) is 0 Å². The van der Waals surface area contributed by atoms with E-state index in [4.69, 9.17) is 5.73 Å². The van der Waals surface area contributed by atoms with Crippen LogP contribution >= 0.6 is 15.9 Å². The molecule has 0 unspecified atom stereocenters. The van der Waals surface area contributed by atoms with Gasteiger partial charge in [0.05, 0.1) is 0 Å². The lowest BCUT2D eigenvalue weighted by Gasteiger charge is -2.01. The number of aromatic nitrogens is 1. The largest absolute Gasteiger partial charge is 0.383 e. The molecule has 0 aromatic carbocycles. The van der Waals surface area contributed by atoms with Gasteiger partial charge in [0.2, 0.25) is 0 Å². The molecule has 2 nitrogen and oxygen atoms in total. The summed E-state index contributed by atoms with van der Waals surface area (Å²) in [5.41, 5.74) is 7.53. The van der Waals surface area contributed by atoms with Crippen molar-refractivity contribution in [3.8, 4) is 0 Å². The van der Waals surface area contributed by atoms with Crippen molar-refractivity contribution < 1.29 is 0 Å². The van der Waals surface area contributed by atoms with E-state index in [-0.39, 0.29) is 0 Å². The van der Waals surface area contributed by atoms with Crippen LogP contribution in [0, 0.1) is 13.8 Å². The second-order valence-electron chi connectivity index (χ2n) is 2.26. The minimum absolute atomic E-state index is 0.604. The zero-order chi connectivity index (χ0) is 7.72. The molecule has 0 atom stereocenters. The molecule has 1 aromatic rings. The Morgan fingerprint density at radius 1 is 1.50 bits per heavy atom. The molecular formula is C7H9BrN2. The predicted molar refractivity (Wildman–Crippen MR) is 45.8 cm³/mol. The normalized spacial score (nSPS) is 9.90. The predicted octanol–water partition coefficient (Wildman–Crippen LogP) is 2.04. The maximum Gasteiger partial charge on any atom is 0.127 e. The summed E-state index contributed by atoms with van der Waals surface area (Å²) in [5, 5.41) is 0. The van der Waals surface area contributed by atoms with Crippen molar-refractivity contribution in [3.63, 3.8) is 0 Å². The van der Waals surface area contributed by atoms with Crippen molar-refractivity contribution in [2.45, 2.75) is 13.8 Å². The molecule has 0 bridgehead atoms. The van der Waals surface area contributed by atoms with E-state index >= 15 is 0 Å². The number of anilines is 1. The summed E-state index contributed by atoms with van der Waals surface area (Å²) in [5.74, 6) is 0.604. The molecule has 0 aliphatic heterocycles. The Hall–Kier alpha value is -0.570. The van der Waals surface area contributed by atoms with Crippen molar-refractivity contribution in [2.24, 2.45) is 0 Å². The van der Waals surface area contributed by atoms with Crippen LogP contribution in [-0.2, 0) is 0 Å². The lowest BCUT2D eigenvalue weighted by molar-refractivity contribution is 1.17. The van der Waals surface area contributed by atoms with Gasteiger partial charge < -0.3 is 5.73 Å². The first-order valence-electron chi connectivity index (χ1n) is 3.00. The summed E-state index contributed by atoms with van der Waals surface area (Å²) in [6.45, 7) is 3.85. The monoisotopic (exact) mass is 200 g/mol. The van der Waals surface area contributed by atoms with E-state index in [0.717, 1.165) is 15.7 Å². The minimum Gasteiger partial charge on any atom is -0.383 e. The lowest BCUT2D eigenvalue weighted by atomic mass is 10.2. The molecule has 0 radical (unpaired) electrons. The number of hydrogen-bond acceptors (Lipinski definition) is 2. The highest BCUT2D eigenvalue weighted by Crippen LogP contribution is 2.20. The summed E-state index contributed by atoms with van der Waals surface area (Å²) < 4.78 is 1.03. The molecule has 2 N–H and O–H groups in total. The molecule has 0 amide bonds. The molecule has 1 rings (SSSR count). The Labute approximate surface area is 68.6 Å². The van der Waals surface area contributed by atoms with E-state index < -0.39 is 0 Å². The van der Waals surface area contributed by atoms with Crippen LogP contribution in [0.1, 0.15) is 11.3 Å². The van der Waals surface area contributed by atoms with E-state index in [1.165, 1.54) is 0 Å². The zero-order valence-electron chi connectivity index (χ0n) is 5.98. The Morgan fingerprint density at radius 2 is 2.10 bits per heavy atom. The van der Waals surface area contributed by atoms with Crippen molar-refractivity contribution in [1.29, 1.82) is 0 Å². The Bertz CT molecular complexity index is 235. The van der Waals surface area contributed by atoms with Crippen molar-refractivity contribution in [3.05, 3.63) is 21.8 Å². The van der Waals surface area contributed by atoms with Gasteiger partial charge in [-0.2, -0.15) is 0 Å². The molecule has 0 aliphatic carbocycles. The van der Waals surface area contributed by atoms with Crippen LogP contribution in [0.25, 0.3) is 0 Å². The summed E-state index contributed by atoms with van der Waals surface area (Å²) >= 11 is 3.38. The number of rotatable bonds is 0. The molecule has 54 valence electrons. The van der Waals surface area contributed by atoms with Gasteiger partial charge in [-0.25, -0.2) is 4.98 Å². The topological polar surface area (TPSA) is 38.9 Å². The molecule has 0 saturated heterocycles. The number of nitrogens with zero attached hydrogens (tertiary/aromatic N) is 1. The molecule has 1 aromatic heterocycles. The Morgan fingerprint density at radius 3 is 2.60 bits per heavy atom. The number of aryl methyl sites for hydroxylation is 1. The van der Waals surface area contributed by atoms with E-state index in [2.05, 4.69) is 20.9 Å². The van der Waals surface area contributed by atoms with E-state index in [1.54, 1.807) is 0 Å². The molecule has 10 heavy (non-hydrogen) atoms. The zero-order valence-corrected chi connectivity index (χ0v) is 7.57. The van der Waals surface area contributed by atoms with Gasteiger partial charge in [-0.1, -0.05) is 15.9 Å². The third-order valence-electron chi connectivity index (χ3n) is 1.37. The third kappa shape index (κ3) is 1.29. The summed E-state index contributed by atoms with van der Waals surface area (Å²) in [6.07, 6.45) is 0. The molecule has 0 spiro atoms. The van der Waals surface area contributed by atoms with Gasteiger partial charge >= 0.3 is 0 Å². The van der Waals surface area contributed by atoms with Crippen LogP contribution < -0.4 is 5.73 Å². The van der Waals surface area contributed by atoms with Crippen LogP contribution in [0.3, 0.4) is 0 Å². The lowest BCUT2D eigenvalue weighted by Crippen LogP contribution is -1.96. The minimum atomic E-state index is 0.604. The van der Waals surface area contributed by atoms with E-state index in [1.807, 2.05) is 19.9 Å². The highest BCUT2D eigenvalue weighted by Gasteiger charge is 1.99. The average molecular weight is 201 g/mol. The Kier molecular flexibility index (Phi) is 1.94. The number of nitrogen functional groups attached to an aromatic ring is 1. The van der Waals surface area contributed by atoms with Crippen molar-refractivity contribution in [2.75, 3.05) is 5.73 Å². The van der Waals surface area contributed by atoms with Gasteiger partial charge in [0.25, 0.3) is 0 Å². The van der Waals surface area contributed by atoms with Crippen LogP contribution in [0.4, 0.5) is 5.82 Å². The standard InChI is InChI=1S/C7H9BrN2/c1-4-3-6(8)5(2)7(9)10-4/h3H,1-2H3,(H2,9,10). The number of nitrogens with two attached hydrogens (primary N) is 1. The highest BCUT2D eigenvalue weighted by atomic mass is 79.9. The maximum absolute atomic E-state index is 5.58.